The number of esters is 1. The van der Waals surface area contributed by atoms with Crippen molar-refractivity contribution < 1.29 is 41.2 Å². The molecule has 0 bridgehead atoms. The number of aromatic nitrogens is 1. The molecule has 1 fully saturated rings. The van der Waals surface area contributed by atoms with Crippen molar-refractivity contribution >= 4 is 24.3 Å². The highest BCUT2D eigenvalue weighted by molar-refractivity contribution is 6.62. The van der Waals surface area contributed by atoms with E-state index in [0.29, 0.717) is 11.5 Å². The number of carbonyl (C=O) groups is 2. The molecule has 2 heterocycles. The van der Waals surface area contributed by atoms with Gasteiger partial charge in [0, 0.05) is 31.1 Å². The fourth-order valence-corrected chi connectivity index (χ4v) is 5.82. The van der Waals surface area contributed by atoms with Crippen molar-refractivity contribution in [2.24, 2.45) is 5.92 Å². The van der Waals surface area contributed by atoms with Crippen LogP contribution in [0.4, 0.5) is 17.6 Å². The zero-order valence-electron chi connectivity index (χ0n) is 29.7. The quantitative estimate of drug-likeness (QED) is 0.138. The van der Waals surface area contributed by atoms with Crippen molar-refractivity contribution in [2.45, 2.75) is 110 Å². The fourth-order valence-electron chi connectivity index (χ4n) is 5.82. The standard InChI is InChI=1S/C35H49BF4N2O6/c1-11-46-31(45)17-24(26-18-25(15-22(4)32(26)37)36-47-33(5,6)34(7,8)48-36)16-29(43)28(14-21(2)3)42-20-23(12-13-41(9)10)27(19-30(42)44)35(38,39)40/h15,18-21,24,28H,11-14,16-17H2,1-10H3/t24-,28?/m0/s1. The van der Waals surface area contributed by atoms with Crippen LogP contribution < -0.4 is 11.0 Å². The molecule has 1 aliphatic rings. The van der Waals surface area contributed by atoms with E-state index in [2.05, 4.69) is 0 Å². The summed E-state index contributed by atoms with van der Waals surface area (Å²) in [7, 11) is 2.60. The highest BCUT2D eigenvalue weighted by Gasteiger charge is 2.52. The molecule has 1 aromatic carbocycles. The number of aryl methyl sites for hydroxylation is 1. The van der Waals surface area contributed by atoms with E-state index in [4.69, 9.17) is 14.0 Å². The van der Waals surface area contributed by atoms with Gasteiger partial charge in [0.1, 0.15) is 5.82 Å². The summed E-state index contributed by atoms with van der Waals surface area (Å²) in [5.41, 5.74) is -2.64. The van der Waals surface area contributed by atoms with Crippen molar-refractivity contribution in [3.8, 4) is 0 Å². The monoisotopic (exact) mass is 680 g/mol. The lowest BCUT2D eigenvalue weighted by atomic mass is 9.75. The molecule has 48 heavy (non-hydrogen) atoms. The van der Waals surface area contributed by atoms with Crippen LogP contribution in [0.1, 0.15) is 102 Å². The molecule has 0 radical (unpaired) electrons. The summed E-state index contributed by atoms with van der Waals surface area (Å²) in [6.07, 6.45) is -4.22. The summed E-state index contributed by atoms with van der Waals surface area (Å²) >= 11 is 0. The topological polar surface area (TPSA) is 87.1 Å². The minimum Gasteiger partial charge on any atom is -0.466 e. The molecule has 0 spiro atoms. The summed E-state index contributed by atoms with van der Waals surface area (Å²) in [6, 6.07) is 2.52. The Bertz CT molecular complexity index is 1520. The second-order valence-electron chi connectivity index (χ2n) is 14.4. The number of benzene rings is 1. The Morgan fingerprint density at radius 2 is 1.65 bits per heavy atom. The van der Waals surface area contributed by atoms with Gasteiger partial charge in [0.2, 0.25) is 0 Å². The van der Waals surface area contributed by atoms with Gasteiger partial charge in [-0.2, -0.15) is 13.2 Å². The largest absolute Gasteiger partial charge is 0.494 e. The predicted molar refractivity (Wildman–Crippen MR) is 177 cm³/mol. The molecule has 3 rings (SSSR count). The van der Waals surface area contributed by atoms with Crippen LogP contribution in [0.3, 0.4) is 0 Å². The van der Waals surface area contributed by atoms with E-state index in [9.17, 15) is 27.6 Å². The Morgan fingerprint density at radius 1 is 1.04 bits per heavy atom. The first-order chi connectivity index (χ1) is 22.1. The van der Waals surface area contributed by atoms with Gasteiger partial charge in [0.05, 0.1) is 35.8 Å². The number of alkyl halides is 3. The lowest BCUT2D eigenvalue weighted by molar-refractivity contribution is -0.143. The third-order valence-corrected chi connectivity index (χ3v) is 9.14. The minimum atomic E-state index is -4.76. The maximum absolute atomic E-state index is 16.0. The molecule has 8 nitrogen and oxygen atoms in total. The highest BCUT2D eigenvalue weighted by atomic mass is 19.4. The van der Waals surface area contributed by atoms with Crippen molar-refractivity contribution in [3.05, 3.63) is 62.8 Å². The van der Waals surface area contributed by atoms with Crippen LogP contribution in [0.2, 0.25) is 0 Å². The Kier molecular flexibility index (Phi) is 12.5. The molecule has 13 heteroatoms. The summed E-state index contributed by atoms with van der Waals surface area (Å²) in [5.74, 6) is -2.92. The van der Waals surface area contributed by atoms with Crippen molar-refractivity contribution in [3.63, 3.8) is 0 Å². The third-order valence-electron chi connectivity index (χ3n) is 9.14. The summed E-state index contributed by atoms with van der Waals surface area (Å²) in [6.45, 7) is 14.7. The van der Waals surface area contributed by atoms with Crippen molar-refractivity contribution in [2.75, 3.05) is 27.2 Å². The number of halogens is 4. The van der Waals surface area contributed by atoms with Gasteiger partial charge < -0.3 is 23.5 Å². The van der Waals surface area contributed by atoms with E-state index >= 15 is 4.39 Å². The van der Waals surface area contributed by atoms with Crippen LogP contribution in [0.25, 0.3) is 0 Å². The number of rotatable bonds is 14. The average molecular weight is 681 g/mol. The fraction of sp³-hybridized carbons (Fsp3) is 0.629. The number of likely N-dealkylation sites (N-methyl/N-ethyl adjacent to an activating group) is 1. The van der Waals surface area contributed by atoms with Crippen molar-refractivity contribution in [1.82, 2.24) is 9.47 Å². The Balaban J connectivity index is 2.12. The lowest BCUT2D eigenvalue weighted by Crippen LogP contribution is -2.41. The number of Topliss-reactive ketones (excluding diaryl/α,β-unsaturated/α-hetero) is 1. The Morgan fingerprint density at radius 3 is 2.17 bits per heavy atom. The number of carbonyl (C=O) groups excluding carboxylic acids is 2. The molecule has 1 aromatic heterocycles. The zero-order chi connectivity index (χ0) is 36.4. The minimum absolute atomic E-state index is 0.00754. The maximum Gasteiger partial charge on any atom is 0.494 e. The molecule has 0 N–H and O–H groups in total. The normalized spacial score (nSPS) is 17.2. The molecule has 1 aliphatic heterocycles. The molecule has 1 unspecified atom stereocenters. The van der Waals surface area contributed by atoms with Gasteiger partial charge in [-0.3, -0.25) is 14.4 Å². The Hall–Kier alpha value is -3.03. The first-order valence-electron chi connectivity index (χ1n) is 16.4. The smallest absolute Gasteiger partial charge is 0.466 e. The molecule has 0 saturated carbocycles. The molecule has 0 amide bonds. The van der Waals surface area contributed by atoms with E-state index in [1.165, 1.54) is 6.07 Å². The molecular formula is C35H49BF4N2O6. The molecule has 266 valence electrons. The number of hydrogen-bond donors (Lipinski definition) is 0. The van der Waals surface area contributed by atoms with Gasteiger partial charge in [-0.05, 0) is 96.6 Å². The SMILES string of the molecule is CCOC(=O)C[C@H](CC(=O)C(CC(C)C)n1cc(CCN(C)C)c(C(F)(F)F)cc1=O)c1cc(B2OC(C)(C)C(C)(C)O2)cc(C)c1F. The summed E-state index contributed by atoms with van der Waals surface area (Å²) in [5, 5.41) is 0. The van der Waals surface area contributed by atoms with Gasteiger partial charge in [-0.1, -0.05) is 26.0 Å². The molecule has 2 atom stereocenters. The third kappa shape index (κ3) is 9.35. The van der Waals surface area contributed by atoms with Crippen LogP contribution in [-0.2, 0) is 36.2 Å². The second kappa shape index (κ2) is 15.3. The summed E-state index contributed by atoms with van der Waals surface area (Å²) in [4.78, 5) is 42.0. The average Bonchev–Trinajstić information content (AvgIpc) is 3.17. The van der Waals surface area contributed by atoms with Crippen LogP contribution in [-0.4, -0.2) is 66.8 Å². The molecular weight excluding hydrogens is 631 g/mol. The van der Waals surface area contributed by atoms with E-state index in [-0.39, 0.29) is 61.4 Å². The zero-order valence-corrected chi connectivity index (χ0v) is 29.7. The molecule has 0 aliphatic carbocycles. The van der Waals surface area contributed by atoms with E-state index < -0.39 is 65.1 Å². The summed E-state index contributed by atoms with van der Waals surface area (Å²) < 4.78 is 76.5. The van der Waals surface area contributed by atoms with E-state index in [0.717, 1.165) is 10.8 Å². The van der Waals surface area contributed by atoms with Crippen LogP contribution in [0.15, 0.2) is 29.2 Å². The van der Waals surface area contributed by atoms with Gasteiger partial charge in [-0.15, -0.1) is 0 Å². The van der Waals surface area contributed by atoms with Gasteiger partial charge >= 0.3 is 19.3 Å². The van der Waals surface area contributed by atoms with E-state index in [1.807, 2.05) is 41.5 Å². The predicted octanol–water partition coefficient (Wildman–Crippen LogP) is 6.00. The number of ketones is 1. The van der Waals surface area contributed by atoms with Gasteiger partial charge in [0.15, 0.2) is 5.78 Å². The van der Waals surface area contributed by atoms with Gasteiger partial charge in [-0.25, -0.2) is 4.39 Å². The number of hydrogen-bond acceptors (Lipinski definition) is 7. The van der Waals surface area contributed by atoms with E-state index in [1.54, 1.807) is 38.9 Å². The molecule has 2 aromatic rings. The van der Waals surface area contributed by atoms with Crippen LogP contribution in [0, 0.1) is 18.7 Å². The first-order valence-corrected chi connectivity index (χ1v) is 16.4. The second-order valence-corrected chi connectivity index (χ2v) is 14.4. The maximum atomic E-state index is 16.0. The van der Waals surface area contributed by atoms with Crippen LogP contribution in [0.5, 0.6) is 0 Å². The number of ether oxygens (including phenoxy) is 1. The first kappa shape index (κ1) is 39.4. The van der Waals surface area contributed by atoms with Gasteiger partial charge in [0.25, 0.3) is 5.56 Å². The number of nitrogens with zero attached hydrogens (tertiary/aromatic N) is 2. The van der Waals surface area contributed by atoms with Crippen molar-refractivity contribution in [1.29, 1.82) is 0 Å². The Labute approximate surface area is 281 Å². The van der Waals surface area contributed by atoms with Crippen LogP contribution >= 0.6 is 0 Å². The molecule has 1 saturated heterocycles. The number of pyridine rings is 1. The lowest BCUT2D eigenvalue weighted by Gasteiger charge is -2.32. The highest BCUT2D eigenvalue weighted by Crippen LogP contribution is 2.38.